The summed E-state index contributed by atoms with van der Waals surface area (Å²) in [5.41, 5.74) is 4.36. The van der Waals surface area contributed by atoms with E-state index in [1.54, 1.807) is 24.3 Å². The molecule has 7 N–H and O–H groups in total. The molecule has 0 fully saturated rings. The Kier molecular flexibility index (Phi) is 14.9. The number of para-hydroxylation sites is 1. The van der Waals surface area contributed by atoms with Gasteiger partial charge in [-0.3, -0.25) is 30.4 Å². The average molecular weight is 727 g/mol. The standard InChI is InChI=1S/C36H43FN4O11/c1-23(2)34-33(36(45)38-27-11-7-4-8-12-27)32(24-9-5-3-6-10-24)35(25-13-15-26(37)16-14-25)39(34)18-17-28(42)19-29(43)20-31(44)50-21-30(52-41(48)49)22-51-40(46)47/h3-16,23,28-30,42-43,46-49H,17-22H2,1-2H3,(H,38,45)/t28-,29-,30-/m1/s1. The highest BCUT2D eigenvalue weighted by Crippen LogP contribution is 2.42. The molecule has 15 nitrogen and oxygen atoms in total. The van der Waals surface area contributed by atoms with Gasteiger partial charge in [0.05, 0.1) is 40.7 Å². The van der Waals surface area contributed by atoms with Gasteiger partial charge in [-0.15, -0.1) is 0 Å². The van der Waals surface area contributed by atoms with Crippen LogP contribution in [0.2, 0.25) is 0 Å². The monoisotopic (exact) mass is 726 g/mol. The fourth-order valence-electron chi connectivity index (χ4n) is 5.83. The number of hydrogen-bond donors (Lipinski definition) is 7. The SMILES string of the molecule is CC(C)c1c(C(=O)Nc2ccccc2)c(-c2ccccc2)c(-c2ccc(F)cc2)n1CC[C@@H](O)C[C@@H](O)CC(=O)OC[C@H](CON(O)O)ON(O)O. The second-order valence-corrected chi connectivity index (χ2v) is 12.2. The largest absolute Gasteiger partial charge is 0.463 e. The summed E-state index contributed by atoms with van der Waals surface area (Å²) in [6.45, 7) is 2.79. The van der Waals surface area contributed by atoms with Crippen molar-refractivity contribution in [1.29, 1.82) is 0 Å². The van der Waals surface area contributed by atoms with Gasteiger partial charge in [0.1, 0.15) is 25.1 Å². The number of aliphatic hydroxyl groups is 2. The summed E-state index contributed by atoms with van der Waals surface area (Å²) >= 11 is 0. The number of carbonyl (C=O) groups is 2. The number of aromatic nitrogens is 1. The minimum Gasteiger partial charge on any atom is -0.463 e. The molecule has 0 saturated heterocycles. The Morgan fingerprint density at radius 3 is 2.06 bits per heavy atom. The van der Waals surface area contributed by atoms with Crippen molar-refractivity contribution in [3.63, 3.8) is 0 Å². The third-order valence-electron chi connectivity index (χ3n) is 7.97. The molecule has 1 heterocycles. The number of ether oxygens (including phenoxy) is 1. The third kappa shape index (κ3) is 11.5. The Labute approximate surface area is 299 Å². The van der Waals surface area contributed by atoms with E-state index in [1.165, 1.54) is 12.1 Å². The molecule has 3 aromatic carbocycles. The fraction of sp³-hybridized carbons (Fsp3) is 0.333. The number of aliphatic hydroxyl groups excluding tert-OH is 2. The molecular weight excluding hydrogens is 683 g/mol. The first-order valence-corrected chi connectivity index (χ1v) is 16.4. The molecule has 1 amide bonds. The van der Waals surface area contributed by atoms with Crippen LogP contribution in [0, 0.1) is 5.82 Å². The van der Waals surface area contributed by atoms with E-state index in [2.05, 4.69) is 15.0 Å². The highest BCUT2D eigenvalue weighted by atomic mass is 19.1. The van der Waals surface area contributed by atoms with Crippen LogP contribution < -0.4 is 5.32 Å². The molecular formula is C36H43FN4O11. The van der Waals surface area contributed by atoms with Crippen LogP contribution in [-0.4, -0.2) is 89.8 Å². The van der Waals surface area contributed by atoms with Gasteiger partial charge in [-0.05, 0) is 66.3 Å². The predicted octanol–water partition coefficient (Wildman–Crippen LogP) is 5.16. The van der Waals surface area contributed by atoms with Crippen molar-refractivity contribution in [2.45, 2.75) is 63.9 Å². The van der Waals surface area contributed by atoms with Crippen LogP contribution in [0.5, 0.6) is 0 Å². The second kappa shape index (κ2) is 19.3. The van der Waals surface area contributed by atoms with Crippen molar-refractivity contribution in [2.75, 3.05) is 18.5 Å². The molecule has 3 atom stereocenters. The van der Waals surface area contributed by atoms with Gasteiger partial charge in [-0.2, -0.15) is 0 Å². The molecule has 0 bridgehead atoms. The van der Waals surface area contributed by atoms with Gasteiger partial charge < -0.3 is 24.8 Å². The van der Waals surface area contributed by atoms with Gasteiger partial charge in [0, 0.05) is 23.5 Å². The van der Waals surface area contributed by atoms with Crippen molar-refractivity contribution in [1.82, 2.24) is 15.3 Å². The second-order valence-electron chi connectivity index (χ2n) is 12.2. The number of nitrogens with zero attached hydrogens (tertiary/aromatic N) is 3. The lowest BCUT2D eigenvalue weighted by molar-refractivity contribution is -0.527. The molecule has 0 saturated carbocycles. The number of esters is 1. The summed E-state index contributed by atoms with van der Waals surface area (Å²) in [5.74, 6) is -1.89. The zero-order chi connectivity index (χ0) is 37.8. The van der Waals surface area contributed by atoms with E-state index >= 15 is 0 Å². The quantitative estimate of drug-likeness (QED) is 0.0493. The number of hydrogen-bond acceptors (Lipinski definition) is 13. The molecule has 0 spiro atoms. The summed E-state index contributed by atoms with van der Waals surface area (Å²) in [6, 6.07) is 24.3. The molecule has 280 valence electrons. The maximum absolute atomic E-state index is 14.2. The zero-order valence-electron chi connectivity index (χ0n) is 28.6. The van der Waals surface area contributed by atoms with Crippen molar-refractivity contribution in [3.8, 4) is 22.4 Å². The molecule has 0 aliphatic rings. The van der Waals surface area contributed by atoms with E-state index in [9.17, 15) is 24.2 Å². The third-order valence-corrected chi connectivity index (χ3v) is 7.97. The van der Waals surface area contributed by atoms with Crippen LogP contribution in [-0.2, 0) is 25.8 Å². The molecule has 16 heteroatoms. The van der Waals surface area contributed by atoms with Crippen molar-refractivity contribution < 1.29 is 59.4 Å². The highest BCUT2D eigenvalue weighted by molar-refractivity contribution is 6.12. The number of carbonyl (C=O) groups excluding carboxylic acids is 2. The summed E-state index contributed by atoms with van der Waals surface area (Å²) in [5, 5.41) is 58.4. The maximum Gasteiger partial charge on any atom is 0.308 e. The summed E-state index contributed by atoms with van der Waals surface area (Å²) in [6.07, 6.45) is -4.50. The van der Waals surface area contributed by atoms with Crippen molar-refractivity contribution in [2.24, 2.45) is 0 Å². The Balaban J connectivity index is 1.60. The van der Waals surface area contributed by atoms with Gasteiger partial charge >= 0.3 is 5.97 Å². The minimum atomic E-state index is -1.38. The first kappa shape index (κ1) is 40.2. The van der Waals surface area contributed by atoms with Gasteiger partial charge in [-0.1, -0.05) is 62.4 Å². The lowest BCUT2D eigenvalue weighted by Crippen LogP contribution is -2.35. The summed E-state index contributed by atoms with van der Waals surface area (Å²) in [7, 11) is 0. The molecule has 52 heavy (non-hydrogen) atoms. The molecule has 0 aliphatic heterocycles. The van der Waals surface area contributed by atoms with E-state index in [0.29, 0.717) is 33.8 Å². The van der Waals surface area contributed by atoms with Crippen LogP contribution in [0.15, 0.2) is 84.9 Å². The van der Waals surface area contributed by atoms with E-state index < -0.39 is 60.5 Å². The van der Waals surface area contributed by atoms with Crippen molar-refractivity contribution in [3.05, 3.63) is 102 Å². The Morgan fingerprint density at radius 2 is 1.46 bits per heavy atom. The first-order valence-electron chi connectivity index (χ1n) is 16.4. The summed E-state index contributed by atoms with van der Waals surface area (Å²) in [4.78, 5) is 35.4. The number of halogens is 1. The van der Waals surface area contributed by atoms with E-state index in [1.807, 2.05) is 66.9 Å². The zero-order valence-corrected chi connectivity index (χ0v) is 28.6. The maximum atomic E-state index is 14.2. The number of rotatable bonds is 19. The molecule has 0 radical (unpaired) electrons. The van der Waals surface area contributed by atoms with Crippen LogP contribution >= 0.6 is 0 Å². The normalized spacial score (nSPS) is 13.4. The smallest absolute Gasteiger partial charge is 0.308 e. The average Bonchev–Trinajstić information content (AvgIpc) is 3.45. The first-order chi connectivity index (χ1) is 24.8. The van der Waals surface area contributed by atoms with Gasteiger partial charge in [0.15, 0.2) is 0 Å². The Bertz CT molecular complexity index is 1720. The number of anilines is 1. The molecule has 4 rings (SSSR count). The van der Waals surface area contributed by atoms with Crippen LogP contribution in [0.3, 0.4) is 0 Å². The predicted molar refractivity (Wildman–Crippen MR) is 182 cm³/mol. The topological polar surface area (TPSA) is 207 Å². The lowest BCUT2D eigenvalue weighted by atomic mass is 9.94. The molecule has 1 aromatic heterocycles. The van der Waals surface area contributed by atoms with Gasteiger partial charge in [0.25, 0.3) is 5.91 Å². The summed E-state index contributed by atoms with van der Waals surface area (Å²) < 4.78 is 21.1. The van der Waals surface area contributed by atoms with Gasteiger partial charge in [-0.25, -0.2) is 14.1 Å². The lowest BCUT2D eigenvalue weighted by Gasteiger charge is -2.21. The van der Waals surface area contributed by atoms with E-state index in [-0.39, 0.29) is 31.2 Å². The van der Waals surface area contributed by atoms with Crippen LogP contribution in [0.1, 0.15) is 55.1 Å². The highest BCUT2D eigenvalue weighted by Gasteiger charge is 2.31. The Hall–Kier alpha value is -4.59. The molecule has 0 unspecified atom stereocenters. The fourth-order valence-corrected chi connectivity index (χ4v) is 5.83. The Morgan fingerprint density at radius 1 is 0.827 bits per heavy atom. The number of benzene rings is 3. The minimum absolute atomic E-state index is 0.0948. The van der Waals surface area contributed by atoms with Crippen molar-refractivity contribution >= 4 is 17.6 Å². The number of nitrogens with one attached hydrogen (secondary N) is 1. The number of amides is 1. The van der Waals surface area contributed by atoms with Crippen LogP contribution in [0.25, 0.3) is 22.4 Å². The van der Waals surface area contributed by atoms with Gasteiger partial charge in [0.2, 0.25) is 0 Å². The molecule has 4 aromatic rings. The van der Waals surface area contributed by atoms with E-state index in [0.717, 1.165) is 5.56 Å². The van der Waals surface area contributed by atoms with E-state index in [4.69, 9.17) is 25.6 Å². The van der Waals surface area contributed by atoms with Crippen LogP contribution in [0.4, 0.5) is 10.1 Å². The molecule has 0 aliphatic carbocycles.